The summed E-state index contributed by atoms with van der Waals surface area (Å²) < 4.78 is 0. The van der Waals surface area contributed by atoms with E-state index in [1.54, 1.807) is 0 Å². The largest absolute Gasteiger partial charge is 0.394 e. The van der Waals surface area contributed by atoms with Gasteiger partial charge in [0.1, 0.15) is 18.3 Å². The lowest BCUT2D eigenvalue weighted by atomic mass is 10.0. The van der Waals surface area contributed by atoms with E-state index >= 15 is 0 Å². The van der Waals surface area contributed by atoms with E-state index in [1.807, 2.05) is 31.2 Å². The van der Waals surface area contributed by atoms with E-state index < -0.39 is 31.0 Å². The Morgan fingerprint density at radius 1 is 0.950 bits per heavy atom. The van der Waals surface area contributed by atoms with Gasteiger partial charge in [-0.3, -0.25) is 0 Å². The molecule has 0 amide bonds. The summed E-state index contributed by atoms with van der Waals surface area (Å²) in [4.78, 5) is 0. The minimum Gasteiger partial charge on any atom is -0.394 e. The van der Waals surface area contributed by atoms with E-state index in [-0.39, 0.29) is 6.54 Å². The van der Waals surface area contributed by atoms with Crippen molar-refractivity contribution in [2.45, 2.75) is 37.9 Å². The van der Waals surface area contributed by atoms with Gasteiger partial charge in [-0.25, -0.2) is 0 Å². The SMILES string of the molecule is Cc1ccc(CNC[C@H](O)[C@@H](O)[C@H](O)[C@H](O)CO)cc1. The molecular formula is C14H23NO5. The van der Waals surface area contributed by atoms with Crippen LogP contribution in [0.5, 0.6) is 0 Å². The van der Waals surface area contributed by atoms with Crippen LogP contribution >= 0.6 is 0 Å². The molecule has 0 aliphatic heterocycles. The second-order valence-corrected chi connectivity index (χ2v) is 4.91. The zero-order valence-corrected chi connectivity index (χ0v) is 11.5. The van der Waals surface area contributed by atoms with Crippen LogP contribution in [0.1, 0.15) is 11.1 Å². The maximum Gasteiger partial charge on any atom is 0.111 e. The molecule has 6 heteroatoms. The first-order valence-electron chi connectivity index (χ1n) is 6.55. The van der Waals surface area contributed by atoms with Crippen LogP contribution in [0.4, 0.5) is 0 Å². The van der Waals surface area contributed by atoms with Gasteiger partial charge in [-0.05, 0) is 12.5 Å². The Kier molecular flexibility index (Phi) is 7.08. The predicted octanol–water partition coefficient (Wildman–Crippen LogP) is -1.48. The maximum absolute atomic E-state index is 9.69. The summed E-state index contributed by atoms with van der Waals surface area (Å²) in [7, 11) is 0. The van der Waals surface area contributed by atoms with Crippen molar-refractivity contribution in [2.75, 3.05) is 13.2 Å². The molecule has 0 radical (unpaired) electrons. The van der Waals surface area contributed by atoms with Crippen molar-refractivity contribution in [1.29, 1.82) is 0 Å². The van der Waals surface area contributed by atoms with Gasteiger partial charge in [0.05, 0.1) is 12.7 Å². The van der Waals surface area contributed by atoms with Crippen LogP contribution in [0.3, 0.4) is 0 Å². The topological polar surface area (TPSA) is 113 Å². The van der Waals surface area contributed by atoms with Crippen LogP contribution in [-0.4, -0.2) is 63.1 Å². The fraction of sp³-hybridized carbons (Fsp3) is 0.571. The lowest BCUT2D eigenvalue weighted by Crippen LogP contribution is -2.48. The van der Waals surface area contributed by atoms with Gasteiger partial charge in [-0.2, -0.15) is 0 Å². The average Bonchev–Trinajstić information content (AvgIpc) is 2.46. The highest BCUT2D eigenvalue weighted by atomic mass is 16.4. The first-order valence-corrected chi connectivity index (χ1v) is 6.55. The number of rotatable bonds is 8. The molecule has 0 aliphatic rings. The van der Waals surface area contributed by atoms with E-state index in [0.29, 0.717) is 6.54 Å². The first kappa shape index (κ1) is 17.0. The third-order valence-corrected chi connectivity index (χ3v) is 3.13. The van der Waals surface area contributed by atoms with Crippen LogP contribution in [0, 0.1) is 6.92 Å². The van der Waals surface area contributed by atoms with E-state index in [9.17, 15) is 20.4 Å². The van der Waals surface area contributed by atoms with Crippen LogP contribution < -0.4 is 5.32 Å². The highest BCUT2D eigenvalue weighted by Crippen LogP contribution is 2.06. The second-order valence-electron chi connectivity index (χ2n) is 4.91. The van der Waals surface area contributed by atoms with Gasteiger partial charge in [0.25, 0.3) is 0 Å². The van der Waals surface area contributed by atoms with Gasteiger partial charge in [-0.15, -0.1) is 0 Å². The monoisotopic (exact) mass is 285 g/mol. The fourth-order valence-electron chi connectivity index (χ4n) is 1.75. The van der Waals surface area contributed by atoms with Crippen molar-refractivity contribution < 1.29 is 25.5 Å². The molecule has 4 atom stereocenters. The smallest absolute Gasteiger partial charge is 0.111 e. The Labute approximate surface area is 118 Å². The molecule has 0 bridgehead atoms. The molecule has 0 fully saturated rings. The molecule has 0 aromatic heterocycles. The summed E-state index contributed by atoms with van der Waals surface area (Å²) in [6.45, 7) is 1.89. The third kappa shape index (κ3) is 5.16. The molecule has 0 spiro atoms. The molecule has 6 nitrogen and oxygen atoms in total. The molecule has 20 heavy (non-hydrogen) atoms. The average molecular weight is 285 g/mol. The predicted molar refractivity (Wildman–Crippen MR) is 74.0 cm³/mol. The minimum atomic E-state index is -1.59. The van der Waals surface area contributed by atoms with Crippen molar-refractivity contribution in [2.24, 2.45) is 0 Å². The van der Waals surface area contributed by atoms with Crippen LogP contribution in [0.15, 0.2) is 24.3 Å². The van der Waals surface area contributed by atoms with Crippen molar-refractivity contribution in [3.63, 3.8) is 0 Å². The van der Waals surface area contributed by atoms with Crippen LogP contribution in [0.25, 0.3) is 0 Å². The number of aryl methyl sites for hydroxylation is 1. The maximum atomic E-state index is 9.69. The van der Waals surface area contributed by atoms with Crippen molar-refractivity contribution in [3.8, 4) is 0 Å². The van der Waals surface area contributed by atoms with Crippen LogP contribution in [-0.2, 0) is 6.54 Å². The molecule has 6 N–H and O–H groups in total. The molecule has 114 valence electrons. The molecule has 1 rings (SSSR count). The van der Waals surface area contributed by atoms with Gasteiger partial charge in [0, 0.05) is 13.1 Å². The standard InChI is InChI=1S/C14H23NO5/c1-9-2-4-10(5-3-9)6-15-7-11(17)13(19)14(20)12(18)8-16/h2-5,11-20H,6-8H2,1H3/t11-,12+,13+,14+/m0/s1. The van der Waals surface area contributed by atoms with E-state index in [4.69, 9.17) is 5.11 Å². The lowest BCUT2D eigenvalue weighted by molar-refractivity contribution is -0.114. The van der Waals surface area contributed by atoms with Gasteiger partial charge in [0.15, 0.2) is 0 Å². The molecule has 0 saturated carbocycles. The lowest BCUT2D eigenvalue weighted by Gasteiger charge is -2.25. The summed E-state index contributed by atoms with van der Waals surface area (Å²) in [5.41, 5.74) is 2.19. The van der Waals surface area contributed by atoms with E-state index in [0.717, 1.165) is 11.1 Å². The van der Waals surface area contributed by atoms with Gasteiger partial charge >= 0.3 is 0 Å². The summed E-state index contributed by atoms with van der Waals surface area (Å²) >= 11 is 0. The van der Waals surface area contributed by atoms with Crippen LogP contribution in [0.2, 0.25) is 0 Å². The van der Waals surface area contributed by atoms with Crippen molar-refractivity contribution >= 4 is 0 Å². The summed E-state index contributed by atoms with van der Waals surface area (Å²) in [5.74, 6) is 0. The zero-order chi connectivity index (χ0) is 15.1. The van der Waals surface area contributed by atoms with Gasteiger partial charge in [0.2, 0.25) is 0 Å². The van der Waals surface area contributed by atoms with Crippen molar-refractivity contribution in [3.05, 3.63) is 35.4 Å². The second kappa shape index (κ2) is 8.31. The fourth-order valence-corrected chi connectivity index (χ4v) is 1.75. The Bertz CT molecular complexity index is 384. The Hall–Kier alpha value is -1.02. The third-order valence-electron chi connectivity index (χ3n) is 3.13. The molecule has 0 heterocycles. The number of nitrogens with one attached hydrogen (secondary N) is 1. The Morgan fingerprint density at radius 3 is 2.05 bits per heavy atom. The van der Waals surface area contributed by atoms with Gasteiger partial charge in [-0.1, -0.05) is 29.8 Å². The van der Waals surface area contributed by atoms with E-state index in [1.165, 1.54) is 0 Å². The Morgan fingerprint density at radius 2 is 1.50 bits per heavy atom. The molecule has 0 saturated heterocycles. The molecule has 0 aliphatic carbocycles. The summed E-state index contributed by atoms with van der Waals surface area (Å²) in [6.07, 6.45) is -5.83. The minimum absolute atomic E-state index is 0.0598. The summed E-state index contributed by atoms with van der Waals surface area (Å²) in [6, 6.07) is 7.86. The number of hydrogen-bond acceptors (Lipinski definition) is 6. The number of aliphatic hydroxyl groups is 5. The Balaban J connectivity index is 2.35. The number of aliphatic hydroxyl groups excluding tert-OH is 5. The quantitative estimate of drug-likeness (QED) is 0.347. The molecular weight excluding hydrogens is 262 g/mol. The van der Waals surface area contributed by atoms with Gasteiger partial charge < -0.3 is 30.8 Å². The number of hydrogen-bond donors (Lipinski definition) is 6. The first-order chi connectivity index (χ1) is 9.45. The number of benzene rings is 1. The molecule has 1 aromatic rings. The highest BCUT2D eigenvalue weighted by molar-refractivity contribution is 5.21. The molecule has 0 unspecified atom stereocenters. The summed E-state index contributed by atoms with van der Waals surface area (Å²) in [5, 5.41) is 49.6. The normalized spacial score (nSPS) is 17.5. The van der Waals surface area contributed by atoms with Crippen molar-refractivity contribution in [1.82, 2.24) is 5.32 Å². The molecule has 1 aromatic carbocycles. The zero-order valence-electron chi connectivity index (χ0n) is 11.5. The van der Waals surface area contributed by atoms with E-state index in [2.05, 4.69) is 5.32 Å². The highest BCUT2D eigenvalue weighted by Gasteiger charge is 2.29.